The molecule has 198 valence electrons. The standard InChI is InChI=1S/C22H39O11P/c23-16(18(26)20-19(27)21(22(28)32-20)33-34(29,30)31)14-12-10-8-6-4-2-1-3-5-7-9-11-13-15-17(24)25/h16,18,20-21,23,26H,1-15H2,(H,24,25)(H2,29,30,31)/t16?,18-,20+,21?/m0/s1. The summed E-state index contributed by atoms with van der Waals surface area (Å²) >= 11 is 0. The second-order valence-electron chi connectivity index (χ2n) is 8.82. The molecule has 12 heteroatoms. The van der Waals surface area contributed by atoms with Crippen LogP contribution in [0, 0.1) is 0 Å². The van der Waals surface area contributed by atoms with Crippen LogP contribution in [0.5, 0.6) is 0 Å². The van der Waals surface area contributed by atoms with Gasteiger partial charge in [-0.3, -0.25) is 14.1 Å². The summed E-state index contributed by atoms with van der Waals surface area (Å²) in [5, 5.41) is 28.8. The van der Waals surface area contributed by atoms with Crippen LogP contribution in [-0.2, 0) is 28.2 Å². The third-order valence-electron chi connectivity index (χ3n) is 5.83. The summed E-state index contributed by atoms with van der Waals surface area (Å²) in [5.74, 6) is -3.16. The van der Waals surface area contributed by atoms with Crippen LogP contribution in [0.4, 0.5) is 0 Å². The Bertz CT molecular complexity index is 678. The number of hydrogen-bond acceptors (Lipinski definition) is 8. The zero-order valence-electron chi connectivity index (χ0n) is 19.5. The molecule has 0 bridgehead atoms. The van der Waals surface area contributed by atoms with Crippen LogP contribution in [0.2, 0.25) is 0 Å². The van der Waals surface area contributed by atoms with Crippen LogP contribution in [0.3, 0.4) is 0 Å². The first-order valence-electron chi connectivity index (χ1n) is 12.1. The largest absolute Gasteiger partial charge is 0.481 e. The van der Waals surface area contributed by atoms with Gasteiger partial charge in [0.25, 0.3) is 0 Å². The summed E-state index contributed by atoms with van der Waals surface area (Å²) in [6.07, 6.45) is 6.89. The predicted octanol–water partition coefficient (Wildman–Crippen LogP) is 2.62. The molecule has 34 heavy (non-hydrogen) atoms. The van der Waals surface area contributed by atoms with E-state index in [0.717, 1.165) is 57.8 Å². The highest BCUT2D eigenvalue weighted by molar-refractivity contribution is 7.46. The van der Waals surface area contributed by atoms with Crippen LogP contribution < -0.4 is 0 Å². The maximum absolute atomic E-state index is 12.1. The summed E-state index contributed by atoms with van der Waals surface area (Å²) in [7, 11) is -5.10. The fourth-order valence-electron chi connectivity index (χ4n) is 3.93. The van der Waals surface area contributed by atoms with E-state index in [1.807, 2.05) is 0 Å². The Morgan fingerprint density at radius 2 is 1.29 bits per heavy atom. The molecule has 0 radical (unpaired) electrons. The van der Waals surface area contributed by atoms with Gasteiger partial charge in [-0.1, -0.05) is 77.0 Å². The van der Waals surface area contributed by atoms with Crippen molar-refractivity contribution >= 4 is 25.5 Å². The second kappa shape index (κ2) is 16.3. The number of hydrogen-bond donors (Lipinski definition) is 5. The molecule has 0 saturated carbocycles. The summed E-state index contributed by atoms with van der Waals surface area (Å²) in [6, 6.07) is 0. The number of cyclic esters (lactones) is 1. The number of aliphatic hydroxyl groups is 2. The van der Waals surface area contributed by atoms with Crippen molar-refractivity contribution in [3.63, 3.8) is 0 Å². The first-order valence-corrected chi connectivity index (χ1v) is 13.6. The van der Waals surface area contributed by atoms with Crippen molar-refractivity contribution in [2.45, 2.75) is 121 Å². The molecule has 1 rings (SSSR count). The van der Waals surface area contributed by atoms with Crippen LogP contribution in [0.1, 0.15) is 96.3 Å². The van der Waals surface area contributed by atoms with Crippen molar-refractivity contribution in [2.24, 2.45) is 0 Å². The molecule has 0 aromatic rings. The highest BCUT2D eigenvalue weighted by Gasteiger charge is 2.51. The Kier molecular flexibility index (Phi) is 14.7. The summed E-state index contributed by atoms with van der Waals surface area (Å²) in [4.78, 5) is 51.6. The molecule has 1 aliphatic rings. The molecular weight excluding hydrogens is 471 g/mol. The Hall–Kier alpha value is -1.36. The summed E-state index contributed by atoms with van der Waals surface area (Å²) < 4.78 is 19.6. The highest BCUT2D eigenvalue weighted by atomic mass is 31.2. The number of rotatable bonds is 20. The van der Waals surface area contributed by atoms with Gasteiger partial charge in [0.15, 0.2) is 6.10 Å². The summed E-state index contributed by atoms with van der Waals surface area (Å²) in [5.41, 5.74) is 0. The monoisotopic (exact) mass is 510 g/mol. The van der Waals surface area contributed by atoms with Crippen molar-refractivity contribution < 1.29 is 53.3 Å². The zero-order valence-corrected chi connectivity index (χ0v) is 20.4. The molecule has 1 saturated heterocycles. The quantitative estimate of drug-likeness (QED) is 0.0701. The van der Waals surface area contributed by atoms with E-state index in [2.05, 4.69) is 9.26 Å². The predicted molar refractivity (Wildman–Crippen MR) is 121 cm³/mol. The molecule has 5 N–H and O–H groups in total. The van der Waals surface area contributed by atoms with Crippen LogP contribution >= 0.6 is 7.82 Å². The van der Waals surface area contributed by atoms with E-state index in [9.17, 15) is 29.2 Å². The maximum atomic E-state index is 12.1. The van der Waals surface area contributed by atoms with E-state index in [0.29, 0.717) is 6.42 Å². The smallest absolute Gasteiger partial charge is 0.470 e. The van der Waals surface area contributed by atoms with Gasteiger partial charge in [-0.15, -0.1) is 0 Å². The first kappa shape index (κ1) is 30.7. The van der Waals surface area contributed by atoms with Gasteiger partial charge in [-0.05, 0) is 12.8 Å². The van der Waals surface area contributed by atoms with Gasteiger partial charge in [0, 0.05) is 6.42 Å². The minimum atomic E-state index is -5.10. The van der Waals surface area contributed by atoms with Gasteiger partial charge in [0.2, 0.25) is 11.9 Å². The molecule has 0 aromatic carbocycles. The number of phosphoric ester groups is 1. The lowest BCUT2D eigenvalue weighted by Crippen LogP contribution is -2.42. The Morgan fingerprint density at radius 1 is 0.853 bits per heavy atom. The lowest BCUT2D eigenvalue weighted by atomic mass is 9.98. The number of unbranched alkanes of at least 4 members (excludes halogenated alkanes) is 12. The Morgan fingerprint density at radius 3 is 1.74 bits per heavy atom. The first-order chi connectivity index (χ1) is 16.0. The van der Waals surface area contributed by atoms with Crippen molar-refractivity contribution in [3.05, 3.63) is 0 Å². The zero-order chi connectivity index (χ0) is 25.6. The van der Waals surface area contributed by atoms with E-state index in [1.54, 1.807) is 0 Å². The lowest BCUT2D eigenvalue weighted by molar-refractivity contribution is -0.154. The number of carbonyl (C=O) groups excluding carboxylic acids is 2. The van der Waals surface area contributed by atoms with E-state index < -0.39 is 50.0 Å². The average Bonchev–Trinajstić information content (AvgIpc) is 3.02. The molecule has 1 fully saturated rings. The summed E-state index contributed by atoms with van der Waals surface area (Å²) in [6.45, 7) is 0. The van der Waals surface area contributed by atoms with Crippen molar-refractivity contribution in [1.29, 1.82) is 0 Å². The van der Waals surface area contributed by atoms with Gasteiger partial charge >= 0.3 is 19.8 Å². The minimum absolute atomic E-state index is 0.193. The van der Waals surface area contributed by atoms with Crippen LogP contribution in [0.25, 0.3) is 0 Å². The number of carboxylic acids is 1. The number of carbonyl (C=O) groups is 3. The van der Waals surface area contributed by atoms with Crippen molar-refractivity contribution in [2.75, 3.05) is 0 Å². The number of aliphatic carboxylic acids is 1. The molecule has 0 aromatic heterocycles. The number of ketones is 1. The molecule has 0 amide bonds. The SMILES string of the molecule is O=C(O)CCCCCCCCCCCCCCCC(O)[C@H](O)[C@H]1OC(=O)C(OP(=O)(O)O)C1=O. The van der Waals surface area contributed by atoms with Crippen molar-refractivity contribution in [1.82, 2.24) is 0 Å². The van der Waals surface area contributed by atoms with Gasteiger partial charge in [-0.25, -0.2) is 9.36 Å². The fourth-order valence-corrected chi connectivity index (χ4v) is 4.39. The van der Waals surface area contributed by atoms with E-state index in [1.165, 1.54) is 19.3 Å². The number of carboxylic acid groups (broad SMARTS) is 1. The molecule has 2 unspecified atom stereocenters. The lowest BCUT2D eigenvalue weighted by Gasteiger charge is -2.21. The Labute approximate surface area is 200 Å². The van der Waals surface area contributed by atoms with E-state index in [4.69, 9.17) is 14.9 Å². The molecule has 11 nitrogen and oxygen atoms in total. The van der Waals surface area contributed by atoms with E-state index >= 15 is 0 Å². The van der Waals surface area contributed by atoms with Gasteiger partial charge < -0.3 is 29.8 Å². The fraction of sp³-hybridized carbons (Fsp3) is 0.864. The molecule has 1 aliphatic heterocycles. The Balaban J connectivity index is 2.04. The molecule has 0 aliphatic carbocycles. The number of phosphoric acid groups is 1. The van der Waals surface area contributed by atoms with Gasteiger partial charge in [0.1, 0.15) is 6.10 Å². The van der Waals surface area contributed by atoms with Crippen LogP contribution in [-0.4, -0.2) is 67.2 Å². The average molecular weight is 511 g/mol. The number of Topliss-reactive ketones (excluding diaryl/α,β-unsaturated/α-hetero) is 1. The van der Waals surface area contributed by atoms with E-state index in [-0.39, 0.29) is 12.8 Å². The molecule has 1 heterocycles. The molecular formula is C22H39O11P. The minimum Gasteiger partial charge on any atom is -0.481 e. The van der Waals surface area contributed by atoms with Crippen LogP contribution in [0.15, 0.2) is 0 Å². The third kappa shape index (κ3) is 12.9. The normalized spacial score (nSPS) is 20.4. The number of esters is 1. The van der Waals surface area contributed by atoms with Crippen molar-refractivity contribution in [3.8, 4) is 0 Å². The number of ether oxygens (including phenoxy) is 1. The topological polar surface area (TPSA) is 188 Å². The third-order valence-corrected chi connectivity index (χ3v) is 6.32. The maximum Gasteiger partial charge on any atom is 0.470 e. The van der Waals surface area contributed by atoms with Gasteiger partial charge in [0.05, 0.1) is 6.10 Å². The van der Waals surface area contributed by atoms with Gasteiger partial charge in [-0.2, -0.15) is 0 Å². The molecule has 0 spiro atoms. The second-order valence-corrected chi connectivity index (χ2v) is 10.0. The molecule has 4 atom stereocenters. The highest BCUT2D eigenvalue weighted by Crippen LogP contribution is 2.40. The number of aliphatic hydroxyl groups excluding tert-OH is 2.